The molecule has 0 spiro atoms. The van der Waals surface area contributed by atoms with Gasteiger partial charge in [0.25, 0.3) is 5.91 Å². The van der Waals surface area contributed by atoms with Gasteiger partial charge in [-0.05, 0) is 61.6 Å². The van der Waals surface area contributed by atoms with Crippen molar-refractivity contribution in [1.82, 2.24) is 20.1 Å². The van der Waals surface area contributed by atoms with E-state index in [-0.39, 0.29) is 18.1 Å². The number of nitrogens with zero attached hydrogens (tertiary/aromatic N) is 4. The number of rotatable bonds is 9. The summed E-state index contributed by atoms with van der Waals surface area (Å²) in [6.07, 6.45) is 5.03. The molecule has 1 unspecified atom stereocenters. The van der Waals surface area contributed by atoms with Crippen LogP contribution in [-0.4, -0.2) is 39.4 Å². The number of nitrogens with one attached hydrogen (secondary N) is 1. The van der Waals surface area contributed by atoms with Crippen molar-refractivity contribution < 1.29 is 18.3 Å². The van der Waals surface area contributed by atoms with Crippen LogP contribution < -0.4 is 10.2 Å². The fourth-order valence-corrected chi connectivity index (χ4v) is 5.24. The van der Waals surface area contributed by atoms with Crippen molar-refractivity contribution in [3.8, 4) is 0 Å². The Morgan fingerprint density at radius 3 is 2.72 bits per heavy atom. The molecule has 1 amide bonds. The SMILES string of the molecule is Cn1cnnc1C(COC(F)F)c1cccc(N2Cc3c(Cl)cc(CNC4(C)CCC4)cc3C2=O)c1. The minimum atomic E-state index is -2.91. The Labute approximate surface area is 213 Å². The molecule has 1 N–H and O–H groups in total. The first-order valence-electron chi connectivity index (χ1n) is 12.0. The van der Waals surface area contributed by atoms with E-state index in [9.17, 15) is 13.6 Å². The van der Waals surface area contributed by atoms with E-state index in [4.69, 9.17) is 11.6 Å². The van der Waals surface area contributed by atoms with E-state index >= 15 is 0 Å². The second-order valence-electron chi connectivity index (χ2n) is 9.80. The summed E-state index contributed by atoms with van der Waals surface area (Å²) < 4.78 is 32.0. The standard InChI is InChI=1S/C26H28ClF2N5O2/c1-26(7-4-8-26)30-12-16-9-19-20(22(27)10-16)13-34(24(19)35)18-6-3-5-17(11-18)21(14-36-25(28)29)23-32-31-15-33(23)2/h3,5-6,9-11,15,21,25,30H,4,7-8,12-14H2,1-2H3. The zero-order valence-electron chi connectivity index (χ0n) is 20.2. The predicted octanol–water partition coefficient (Wildman–Crippen LogP) is 5.03. The van der Waals surface area contributed by atoms with E-state index in [0.717, 1.165) is 24.0 Å². The molecule has 36 heavy (non-hydrogen) atoms. The number of carbonyl (C=O) groups excluding carboxylic acids is 1. The zero-order valence-corrected chi connectivity index (χ0v) is 20.9. The molecule has 1 aromatic heterocycles. The number of aryl methyl sites for hydroxylation is 1. The molecule has 190 valence electrons. The molecular weight excluding hydrogens is 488 g/mol. The third-order valence-corrected chi connectivity index (χ3v) is 7.59. The van der Waals surface area contributed by atoms with Crippen molar-refractivity contribution in [2.75, 3.05) is 11.5 Å². The molecule has 1 aliphatic carbocycles. The quantitative estimate of drug-likeness (QED) is 0.432. The van der Waals surface area contributed by atoms with Crippen molar-refractivity contribution in [1.29, 1.82) is 0 Å². The molecule has 10 heteroatoms. The van der Waals surface area contributed by atoms with Gasteiger partial charge in [-0.2, -0.15) is 8.78 Å². The van der Waals surface area contributed by atoms with Crippen molar-refractivity contribution >= 4 is 23.2 Å². The summed E-state index contributed by atoms with van der Waals surface area (Å²) in [6, 6.07) is 11.1. The summed E-state index contributed by atoms with van der Waals surface area (Å²) in [6.45, 7) is 0.0191. The molecule has 3 aromatic rings. The van der Waals surface area contributed by atoms with Gasteiger partial charge in [0.15, 0.2) is 0 Å². The summed E-state index contributed by atoms with van der Waals surface area (Å²) in [5, 5.41) is 12.1. The third-order valence-electron chi connectivity index (χ3n) is 7.25. The topological polar surface area (TPSA) is 72.3 Å². The number of ether oxygens (including phenoxy) is 1. The number of benzene rings is 2. The molecule has 1 aliphatic heterocycles. The molecule has 1 saturated carbocycles. The van der Waals surface area contributed by atoms with Gasteiger partial charge in [0, 0.05) is 41.0 Å². The molecule has 0 bridgehead atoms. The van der Waals surface area contributed by atoms with Crippen LogP contribution in [0.3, 0.4) is 0 Å². The Kier molecular flexibility index (Phi) is 6.80. The first-order chi connectivity index (χ1) is 17.2. The zero-order chi connectivity index (χ0) is 25.4. The molecule has 2 heterocycles. The van der Waals surface area contributed by atoms with Crippen molar-refractivity contribution in [2.45, 2.75) is 57.3 Å². The van der Waals surface area contributed by atoms with Crippen LogP contribution in [0.1, 0.15) is 65.0 Å². The lowest BCUT2D eigenvalue weighted by atomic mass is 9.78. The van der Waals surface area contributed by atoms with E-state index in [1.165, 1.54) is 12.7 Å². The lowest BCUT2D eigenvalue weighted by molar-refractivity contribution is -0.131. The Bertz CT molecular complexity index is 1280. The van der Waals surface area contributed by atoms with E-state index < -0.39 is 12.5 Å². The number of carbonyl (C=O) groups is 1. The maximum Gasteiger partial charge on any atom is 0.345 e. The van der Waals surface area contributed by atoms with E-state index in [1.54, 1.807) is 22.6 Å². The number of hydrogen-bond acceptors (Lipinski definition) is 5. The molecule has 1 atom stereocenters. The largest absolute Gasteiger partial charge is 0.345 e. The highest BCUT2D eigenvalue weighted by Crippen LogP contribution is 2.36. The average Bonchev–Trinajstić information content (AvgIpc) is 3.40. The van der Waals surface area contributed by atoms with Gasteiger partial charge in [-0.15, -0.1) is 10.2 Å². The Balaban J connectivity index is 1.40. The van der Waals surface area contributed by atoms with Crippen LogP contribution in [0.5, 0.6) is 0 Å². The summed E-state index contributed by atoms with van der Waals surface area (Å²) in [7, 11) is 1.75. The first kappa shape index (κ1) is 24.8. The molecule has 7 nitrogen and oxygen atoms in total. The minimum absolute atomic E-state index is 0.139. The number of aromatic nitrogens is 3. The van der Waals surface area contributed by atoms with Crippen molar-refractivity contribution in [3.63, 3.8) is 0 Å². The maximum absolute atomic E-state index is 13.4. The van der Waals surface area contributed by atoms with Crippen LogP contribution in [0.25, 0.3) is 0 Å². The van der Waals surface area contributed by atoms with Crippen LogP contribution in [-0.2, 0) is 24.9 Å². The van der Waals surface area contributed by atoms with Gasteiger partial charge in [0.05, 0.1) is 19.1 Å². The molecule has 1 fully saturated rings. The second kappa shape index (κ2) is 9.88. The number of halogens is 3. The number of amides is 1. The van der Waals surface area contributed by atoms with Crippen molar-refractivity contribution in [2.24, 2.45) is 7.05 Å². The number of fused-ring (bicyclic) bond motifs is 1. The highest BCUT2D eigenvalue weighted by atomic mass is 35.5. The van der Waals surface area contributed by atoms with E-state index in [0.29, 0.717) is 40.8 Å². The third kappa shape index (κ3) is 4.87. The number of alkyl halides is 2. The lowest BCUT2D eigenvalue weighted by Crippen LogP contribution is -2.47. The Morgan fingerprint density at radius 2 is 2.06 bits per heavy atom. The highest BCUT2D eigenvalue weighted by Gasteiger charge is 2.33. The summed E-state index contributed by atoms with van der Waals surface area (Å²) in [5.41, 5.74) is 3.84. The van der Waals surface area contributed by atoms with Crippen LogP contribution in [0, 0.1) is 0 Å². The van der Waals surface area contributed by atoms with Gasteiger partial charge in [-0.25, -0.2) is 0 Å². The van der Waals surface area contributed by atoms with Crippen LogP contribution in [0.2, 0.25) is 5.02 Å². The smallest absolute Gasteiger partial charge is 0.322 e. The molecule has 0 radical (unpaired) electrons. The molecule has 0 saturated heterocycles. The molecule has 2 aliphatic rings. The van der Waals surface area contributed by atoms with E-state index in [2.05, 4.69) is 27.2 Å². The van der Waals surface area contributed by atoms with Gasteiger partial charge in [0.2, 0.25) is 0 Å². The van der Waals surface area contributed by atoms with Crippen LogP contribution in [0.15, 0.2) is 42.7 Å². The second-order valence-corrected chi connectivity index (χ2v) is 10.2. The maximum atomic E-state index is 13.4. The fraction of sp³-hybridized carbons (Fsp3) is 0.423. The first-order valence-corrected chi connectivity index (χ1v) is 12.3. The monoisotopic (exact) mass is 515 g/mol. The van der Waals surface area contributed by atoms with Gasteiger partial charge >= 0.3 is 6.61 Å². The minimum Gasteiger partial charge on any atom is -0.322 e. The van der Waals surface area contributed by atoms with Gasteiger partial charge in [0.1, 0.15) is 12.2 Å². The predicted molar refractivity (Wildman–Crippen MR) is 132 cm³/mol. The summed E-state index contributed by atoms with van der Waals surface area (Å²) in [5.74, 6) is -0.232. The van der Waals surface area contributed by atoms with Gasteiger partial charge in [-0.3, -0.25) is 4.79 Å². The lowest BCUT2D eigenvalue weighted by Gasteiger charge is -2.39. The molecule has 2 aromatic carbocycles. The summed E-state index contributed by atoms with van der Waals surface area (Å²) in [4.78, 5) is 15.1. The summed E-state index contributed by atoms with van der Waals surface area (Å²) >= 11 is 6.62. The number of hydrogen-bond donors (Lipinski definition) is 1. The van der Waals surface area contributed by atoms with Gasteiger partial charge in [-0.1, -0.05) is 23.7 Å². The van der Waals surface area contributed by atoms with Crippen LogP contribution >= 0.6 is 11.6 Å². The van der Waals surface area contributed by atoms with Gasteiger partial charge < -0.3 is 19.5 Å². The average molecular weight is 516 g/mol. The normalized spacial score (nSPS) is 17.4. The fourth-order valence-electron chi connectivity index (χ4n) is 4.94. The van der Waals surface area contributed by atoms with Crippen molar-refractivity contribution in [3.05, 3.63) is 75.8 Å². The molecular formula is C26H28ClF2N5O2. The molecule has 5 rings (SSSR count). The Hall–Kier alpha value is -2.88. The Morgan fingerprint density at radius 1 is 1.25 bits per heavy atom. The highest BCUT2D eigenvalue weighted by molar-refractivity contribution is 6.32. The van der Waals surface area contributed by atoms with E-state index in [1.807, 2.05) is 30.3 Å². The number of anilines is 1. The van der Waals surface area contributed by atoms with Crippen LogP contribution in [0.4, 0.5) is 14.5 Å².